The Bertz CT molecular complexity index is 711. The summed E-state index contributed by atoms with van der Waals surface area (Å²) >= 11 is 0. The third-order valence-electron chi connectivity index (χ3n) is 4.60. The van der Waals surface area contributed by atoms with Crippen molar-refractivity contribution in [3.05, 3.63) is 35.8 Å². The highest BCUT2D eigenvalue weighted by Crippen LogP contribution is 2.37. The number of imidazole rings is 1. The Morgan fingerprint density at radius 2 is 2.30 bits per heavy atom. The second-order valence-corrected chi connectivity index (χ2v) is 6.32. The summed E-state index contributed by atoms with van der Waals surface area (Å²) in [5.41, 5.74) is 2.60. The molecule has 1 saturated carbocycles. The van der Waals surface area contributed by atoms with E-state index in [1.54, 1.807) is 6.20 Å². The topological polar surface area (TPSA) is 46.4 Å². The Labute approximate surface area is 133 Å². The average molecular weight is 321 g/mol. The summed E-state index contributed by atoms with van der Waals surface area (Å²) in [7, 11) is 0. The Morgan fingerprint density at radius 3 is 3.09 bits per heavy atom. The van der Waals surface area contributed by atoms with Crippen LogP contribution in [0.5, 0.6) is 0 Å². The van der Waals surface area contributed by atoms with Gasteiger partial charge in [-0.3, -0.25) is 4.79 Å². The van der Waals surface area contributed by atoms with Gasteiger partial charge in [-0.25, -0.2) is 13.8 Å². The fourth-order valence-corrected chi connectivity index (χ4v) is 3.22. The van der Waals surface area contributed by atoms with Crippen LogP contribution in [0.25, 0.3) is 5.65 Å². The molecule has 3 rings (SSSR count). The number of rotatable bonds is 4. The molecule has 0 saturated heterocycles. The largest absolute Gasteiger partial charge is 0.355 e. The van der Waals surface area contributed by atoms with Crippen LogP contribution < -0.4 is 5.32 Å². The maximum absolute atomic E-state index is 13.8. The average Bonchev–Trinajstić information content (AvgIpc) is 2.90. The maximum Gasteiger partial charge on any atom is 0.252 e. The van der Waals surface area contributed by atoms with E-state index >= 15 is 0 Å². The first kappa shape index (κ1) is 15.9. The number of nitrogens with zero attached hydrogens (tertiary/aromatic N) is 2. The van der Waals surface area contributed by atoms with Gasteiger partial charge in [0.25, 0.3) is 5.92 Å². The molecule has 1 aliphatic rings. The summed E-state index contributed by atoms with van der Waals surface area (Å²) in [6, 6.07) is 3.85. The minimum atomic E-state index is -2.66. The molecule has 2 heterocycles. The summed E-state index contributed by atoms with van der Waals surface area (Å²) in [5.74, 6) is -3.65. The van der Waals surface area contributed by atoms with Crippen LogP contribution >= 0.6 is 0 Å². The lowest BCUT2D eigenvalue weighted by Crippen LogP contribution is -2.41. The van der Waals surface area contributed by atoms with Crippen LogP contribution in [0.4, 0.5) is 8.78 Å². The Kier molecular flexibility index (Phi) is 4.33. The first-order chi connectivity index (χ1) is 11.0. The molecule has 1 amide bonds. The molecule has 0 aliphatic heterocycles. The minimum absolute atomic E-state index is 0.0433. The minimum Gasteiger partial charge on any atom is -0.355 e. The van der Waals surface area contributed by atoms with Crippen molar-refractivity contribution in [3.8, 4) is 0 Å². The molecule has 23 heavy (non-hydrogen) atoms. The van der Waals surface area contributed by atoms with E-state index in [4.69, 9.17) is 0 Å². The molecule has 0 bridgehead atoms. The summed E-state index contributed by atoms with van der Waals surface area (Å²) in [6.45, 7) is 2.00. The Hall–Kier alpha value is -1.98. The molecule has 4 nitrogen and oxygen atoms in total. The first-order valence-corrected chi connectivity index (χ1v) is 8.03. The molecular weight excluding hydrogens is 300 g/mol. The van der Waals surface area contributed by atoms with Gasteiger partial charge in [0.05, 0.1) is 12.1 Å². The molecule has 2 aromatic rings. The summed E-state index contributed by atoms with van der Waals surface area (Å²) in [4.78, 5) is 16.4. The van der Waals surface area contributed by atoms with Crippen molar-refractivity contribution < 1.29 is 13.6 Å². The van der Waals surface area contributed by atoms with Gasteiger partial charge in [0, 0.05) is 31.3 Å². The van der Waals surface area contributed by atoms with Crippen LogP contribution in [-0.4, -0.2) is 27.8 Å². The Morgan fingerprint density at radius 1 is 1.48 bits per heavy atom. The predicted octanol–water partition coefficient (Wildman–Crippen LogP) is 3.13. The molecule has 0 aromatic carbocycles. The van der Waals surface area contributed by atoms with Crippen molar-refractivity contribution >= 4 is 11.6 Å². The number of hydrogen-bond donors (Lipinski definition) is 1. The lowest BCUT2D eigenvalue weighted by atomic mass is 9.85. The van der Waals surface area contributed by atoms with Gasteiger partial charge < -0.3 is 9.72 Å². The lowest BCUT2D eigenvalue weighted by Gasteiger charge is -2.31. The second-order valence-electron chi connectivity index (χ2n) is 6.32. The molecule has 1 N–H and O–H groups in total. The summed E-state index contributed by atoms with van der Waals surface area (Å²) in [6.07, 6.45) is 5.44. The van der Waals surface area contributed by atoms with Gasteiger partial charge in [0.2, 0.25) is 5.91 Å². The van der Waals surface area contributed by atoms with Crippen LogP contribution in [0.1, 0.15) is 36.9 Å². The van der Waals surface area contributed by atoms with E-state index < -0.39 is 11.8 Å². The normalized spacial score (nSPS) is 20.6. The number of halogens is 2. The number of fused-ring (bicyclic) bond motifs is 1. The van der Waals surface area contributed by atoms with E-state index in [2.05, 4.69) is 10.3 Å². The van der Waals surface area contributed by atoms with E-state index in [1.807, 2.05) is 29.7 Å². The number of carbonyl (C=O) groups excluding carboxylic acids is 1. The molecule has 124 valence electrons. The van der Waals surface area contributed by atoms with Crippen LogP contribution in [0.2, 0.25) is 0 Å². The number of hydrogen-bond acceptors (Lipinski definition) is 2. The van der Waals surface area contributed by atoms with Gasteiger partial charge >= 0.3 is 0 Å². The van der Waals surface area contributed by atoms with Gasteiger partial charge in [-0.05, 0) is 31.4 Å². The van der Waals surface area contributed by atoms with Crippen molar-refractivity contribution in [3.63, 3.8) is 0 Å². The second kappa shape index (κ2) is 6.26. The molecule has 1 unspecified atom stereocenters. The zero-order chi connectivity index (χ0) is 16.4. The summed E-state index contributed by atoms with van der Waals surface area (Å²) < 4.78 is 29.4. The third-order valence-corrected chi connectivity index (χ3v) is 4.60. The highest BCUT2D eigenvalue weighted by molar-refractivity contribution is 5.78. The van der Waals surface area contributed by atoms with Gasteiger partial charge in [-0.15, -0.1) is 0 Å². The summed E-state index contributed by atoms with van der Waals surface area (Å²) in [5, 5.41) is 2.67. The Balaban J connectivity index is 1.62. The number of amides is 1. The highest BCUT2D eigenvalue weighted by atomic mass is 19.3. The number of aromatic nitrogens is 2. The van der Waals surface area contributed by atoms with Crippen molar-refractivity contribution in [2.45, 2.75) is 45.0 Å². The molecule has 6 heteroatoms. The van der Waals surface area contributed by atoms with E-state index in [1.165, 1.54) is 0 Å². The van der Waals surface area contributed by atoms with Crippen molar-refractivity contribution in [1.82, 2.24) is 14.7 Å². The molecule has 1 aliphatic carbocycles. The molecule has 0 radical (unpaired) electrons. The van der Waals surface area contributed by atoms with E-state index in [9.17, 15) is 13.6 Å². The van der Waals surface area contributed by atoms with E-state index in [0.29, 0.717) is 12.8 Å². The molecule has 0 spiro atoms. The highest BCUT2D eigenvalue weighted by Gasteiger charge is 2.41. The van der Waals surface area contributed by atoms with E-state index in [-0.39, 0.29) is 25.3 Å². The number of pyridine rings is 1. The van der Waals surface area contributed by atoms with Crippen molar-refractivity contribution in [1.29, 1.82) is 0 Å². The first-order valence-electron chi connectivity index (χ1n) is 8.03. The molecule has 2 aromatic heterocycles. The number of alkyl halides is 2. The number of nitrogens with one attached hydrogen (secondary N) is 1. The zero-order valence-electron chi connectivity index (χ0n) is 13.2. The van der Waals surface area contributed by atoms with Crippen molar-refractivity contribution in [2.24, 2.45) is 5.92 Å². The number of carbonyl (C=O) groups is 1. The lowest BCUT2D eigenvalue weighted by molar-refractivity contribution is -0.122. The number of aryl methyl sites for hydroxylation is 1. The van der Waals surface area contributed by atoms with Crippen LogP contribution in [0.15, 0.2) is 24.5 Å². The molecular formula is C17H21F2N3O. The van der Waals surface area contributed by atoms with Crippen LogP contribution in [0, 0.1) is 12.8 Å². The van der Waals surface area contributed by atoms with Crippen LogP contribution in [0.3, 0.4) is 0 Å². The maximum atomic E-state index is 13.8. The van der Waals surface area contributed by atoms with Crippen LogP contribution in [-0.2, 0) is 11.2 Å². The van der Waals surface area contributed by atoms with Crippen molar-refractivity contribution in [2.75, 3.05) is 6.54 Å². The quantitative estimate of drug-likeness (QED) is 0.940. The standard InChI is InChI=1S/C17H21F2N3O/c1-12-5-4-8-22-14(11-21-16(12)22)9-15(23)20-10-13-6-2-3-7-17(13,18)19/h4-5,8,11,13H,2-3,6-7,9-10H2,1H3,(H,20,23). The predicted molar refractivity (Wildman–Crippen MR) is 83.5 cm³/mol. The van der Waals surface area contributed by atoms with Gasteiger partial charge in [-0.2, -0.15) is 0 Å². The van der Waals surface area contributed by atoms with Gasteiger partial charge in [-0.1, -0.05) is 12.5 Å². The zero-order valence-corrected chi connectivity index (χ0v) is 13.2. The van der Waals surface area contributed by atoms with Gasteiger partial charge in [0.1, 0.15) is 5.65 Å². The molecule has 1 fully saturated rings. The fourth-order valence-electron chi connectivity index (χ4n) is 3.22. The van der Waals surface area contributed by atoms with Gasteiger partial charge in [0.15, 0.2) is 0 Å². The third kappa shape index (κ3) is 3.35. The molecule has 1 atom stereocenters. The SMILES string of the molecule is Cc1cccn2c(CC(=O)NCC3CCCCC3(F)F)cnc12. The fraction of sp³-hybridized carbons (Fsp3) is 0.529. The smallest absolute Gasteiger partial charge is 0.252 e. The van der Waals surface area contributed by atoms with E-state index in [0.717, 1.165) is 23.3 Å². The monoisotopic (exact) mass is 321 g/mol.